The molecule has 0 bridgehead atoms. The van der Waals surface area contributed by atoms with Gasteiger partial charge in [0.2, 0.25) is 5.91 Å². The van der Waals surface area contributed by atoms with Gasteiger partial charge in [-0.05, 0) is 12.1 Å². The van der Waals surface area contributed by atoms with E-state index in [9.17, 15) is 4.79 Å². The number of thiophene rings is 1. The normalized spacial score (nSPS) is 10.7. The van der Waals surface area contributed by atoms with Gasteiger partial charge in [0.25, 0.3) is 0 Å². The Bertz CT molecular complexity index is 541. The summed E-state index contributed by atoms with van der Waals surface area (Å²) >= 11 is 11.8. The van der Waals surface area contributed by atoms with Gasteiger partial charge in [-0.25, -0.2) is 0 Å². The third-order valence-corrected chi connectivity index (χ3v) is 6.37. The summed E-state index contributed by atoms with van der Waals surface area (Å²) in [5.74, 6) is 0.712. The van der Waals surface area contributed by atoms with Crippen LogP contribution >= 0.6 is 57.8 Å². The number of rotatable bonds is 6. The second-order valence-electron chi connectivity index (χ2n) is 3.08. The number of hydrogen-bond acceptors (Lipinski definition) is 7. The lowest BCUT2D eigenvalue weighted by Gasteiger charge is -1.92. The lowest BCUT2D eigenvalue weighted by atomic mass is 10.5. The largest absolute Gasteiger partial charge is 0.369 e. The molecule has 0 fully saturated rings. The molecule has 0 radical (unpaired) electrons. The molecule has 0 spiro atoms. The maximum Gasteiger partial charge on any atom is 0.227 e. The van der Waals surface area contributed by atoms with Crippen molar-refractivity contribution in [2.24, 2.45) is 5.73 Å². The monoisotopic (exact) mass is 337 g/mol. The van der Waals surface area contributed by atoms with Crippen molar-refractivity contribution in [2.45, 2.75) is 14.4 Å². The van der Waals surface area contributed by atoms with Crippen LogP contribution in [0.15, 0.2) is 20.8 Å². The number of nitrogens with zero attached hydrogens (tertiary/aromatic N) is 2. The Morgan fingerprint density at radius 1 is 1.28 bits per heavy atom. The van der Waals surface area contributed by atoms with E-state index in [4.69, 9.17) is 17.3 Å². The Kier molecular flexibility index (Phi) is 5.31. The molecular weight excluding hydrogens is 330 g/mol. The topological polar surface area (TPSA) is 68.9 Å². The van der Waals surface area contributed by atoms with Gasteiger partial charge in [0.05, 0.1) is 10.1 Å². The highest BCUT2D eigenvalue weighted by Crippen LogP contribution is 2.32. The van der Waals surface area contributed by atoms with E-state index in [0.29, 0.717) is 0 Å². The highest BCUT2D eigenvalue weighted by atomic mass is 35.5. The second-order valence-corrected chi connectivity index (χ2v) is 8.31. The van der Waals surface area contributed by atoms with Crippen molar-refractivity contribution in [3.63, 3.8) is 0 Å². The van der Waals surface area contributed by atoms with E-state index in [2.05, 4.69) is 10.2 Å². The average molecular weight is 338 g/mol. The molecule has 2 aromatic heterocycles. The zero-order chi connectivity index (χ0) is 13.0. The molecule has 2 aromatic rings. The molecule has 0 aliphatic heterocycles. The first-order chi connectivity index (χ1) is 8.63. The zero-order valence-corrected chi connectivity index (χ0v) is 13.0. The quantitative estimate of drug-likeness (QED) is 0.820. The third kappa shape index (κ3) is 4.43. The van der Waals surface area contributed by atoms with Crippen LogP contribution in [-0.2, 0) is 10.5 Å². The SMILES string of the molecule is NC(=O)CSc1nnc(SCc2ccc(Cl)s2)s1. The van der Waals surface area contributed by atoms with Crippen molar-refractivity contribution in [3.8, 4) is 0 Å². The van der Waals surface area contributed by atoms with Crippen molar-refractivity contribution in [1.29, 1.82) is 0 Å². The molecule has 96 valence electrons. The van der Waals surface area contributed by atoms with Crippen molar-refractivity contribution in [2.75, 3.05) is 5.75 Å². The molecule has 0 saturated carbocycles. The van der Waals surface area contributed by atoms with Gasteiger partial charge in [0.1, 0.15) is 0 Å². The van der Waals surface area contributed by atoms with Crippen molar-refractivity contribution in [3.05, 3.63) is 21.3 Å². The molecule has 0 aliphatic carbocycles. The number of thioether (sulfide) groups is 2. The van der Waals surface area contributed by atoms with Crippen LogP contribution in [-0.4, -0.2) is 21.9 Å². The number of amides is 1. The summed E-state index contributed by atoms with van der Waals surface area (Å²) in [6, 6.07) is 3.89. The van der Waals surface area contributed by atoms with Gasteiger partial charge in [-0.15, -0.1) is 21.5 Å². The Balaban J connectivity index is 1.84. The lowest BCUT2D eigenvalue weighted by Crippen LogP contribution is -2.12. The van der Waals surface area contributed by atoms with Gasteiger partial charge in [0, 0.05) is 10.6 Å². The van der Waals surface area contributed by atoms with Gasteiger partial charge in [-0.2, -0.15) is 0 Å². The number of halogens is 1. The fourth-order valence-electron chi connectivity index (χ4n) is 1.01. The average Bonchev–Trinajstić information content (AvgIpc) is 2.93. The maximum absolute atomic E-state index is 10.6. The Hall–Kier alpha value is -0.280. The summed E-state index contributed by atoms with van der Waals surface area (Å²) in [6.45, 7) is 0. The molecule has 2 N–H and O–H groups in total. The predicted octanol–water partition coefficient (Wildman–Crippen LogP) is 3.12. The molecule has 2 heterocycles. The molecule has 0 aliphatic rings. The number of carbonyl (C=O) groups excluding carboxylic acids is 1. The molecule has 0 unspecified atom stereocenters. The van der Waals surface area contributed by atoms with Crippen LogP contribution in [0.3, 0.4) is 0 Å². The fraction of sp³-hybridized carbons (Fsp3) is 0.222. The first kappa shape index (κ1) is 14.1. The number of carbonyl (C=O) groups is 1. The first-order valence-corrected chi connectivity index (χ1v) is 8.73. The van der Waals surface area contributed by atoms with Gasteiger partial charge in [-0.1, -0.05) is 46.5 Å². The number of primary amides is 1. The molecule has 0 aromatic carbocycles. The Morgan fingerprint density at radius 3 is 2.61 bits per heavy atom. The van der Waals surface area contributed by atoms with E-state index in [1.165, 1.54) is 28.0 Å². The van der Waals surface area contributed by atoms with Gasteiger partial charge < -0.3 is 5.73 Å². The maximum atomic E-state index is 10.6. The molecule has 9 heteroatoms. The lowest BCUT2D eigenvalue weighted by molar-refractivity contribution is -0.115. The van der Waals surface area contributed by atoms with E-state index < -0.39 is 0 Å². The van der Waals surface area contributed by atoms with Crippen LogP contribution in [0.1, 0.15) is 4.88 Å². The standard InChI is InChI=1S/C9H8ClN3OS4/c10-6-2-1-5(17-6)3-15-8-12-13-9(18-8)16-4-7(11)14/h1-2H,3-4H2,(H2,11,14). The minimum absolute atomic E-state index is 0.236. The van der Waals surface area contributed by atoms with Crippen LogP contribution in [0.4, 0.5) is 0 Å². The van der Waals surface area contributed by atoms with Crippen LogP contribution in [0.25, 0.3) is 0 Å². The summed E-state index contributed by atoms with van der Waals surface area (Å²) in [5.41, 5.74) is 5.06. The molecule has 1 amide bonds. The minimum Gasteiger partial charge on any atom is -0.369 e. The summed E-state index contributed by atoms with van der Waals surface area (Å²) in [7, 11) is 0. The summed E-state index contributed by atoms with van der Waals surface area (Å²) in [5, 5.41) is 8.03. The van der Waals surface area contributed by atoms with Gasteiger partial charge in [0.15, 0.2) is 8.68 Å². The van der Waals surface area contributed by atoms with Gasteiger partial charge >= 0.3 is 0 Å². The first-order valence-electron chi connectivity index (χ1n) is 4.75. The number of aromatic nitrogens is 2. The van der Waals surface area contributed by atoms with Crippen LogP contribution in [0.2, 0.25) is 4.34 Å². The highest BCUT2D eigenvalue weighted by Gasteiger charge is 2.07. The Morgan fingerprint density at radius 2 is 2.00 bits per heavy atom. The summed E-state index contributed by atoms with van der Waals surface area (Å²) in [6.07, 6.45) is 0. The summed E-state index contributed by atoms with van der Waals surface area (Å²) in [4.78, 5) is 11.8. The minimum atomic E-state index is -0.349. The van der Waals surface area contributed by atoms with Crippen LogP contribution in [0.5, 0.6) is 0 Å². The number of nitrogens with two attached hydrogens (primary N) is 1. The molecule has 4 nitrogen and oxygen atoms in total. The van der Waals surface area contributed by atoms with Gasteiger partial charge in [-0.3, -0.25) is 4.79 Å². The third-order valence-electron chi connectivity index (χ3n) is 1.69. The van der Waals surface area contributed by atoms with E-state index in [1.54, 1.807) is 23.1 Å². The fourth-order valence-corrected chi connectivity index (χ4v) is 4.90. The van der Waals surface area contributed by atoms with E-state index in [-0.39, 0.29) is 11.7 Å². The summed E-state index contributed by atoms with van der Waals surface area (Å²) < 4.78 is 2.44. The molecule has 0 atom stereocenters. The second kappa shape index (κ2) is 6.76. The van der Waals surface area contributed by atoms with Crippen LogP contribution in [0, 0.1) is 0 Å². The van der Waals surface area contributed by atoms with Crippen molar-refractivity contribution < 1.29 is 4.79 Å². The zero-order valence-electron chi connectivity index (χ0n) is 8.96. The van der Waals surface area contributed by atoms with E-state index >= 15 is 0 Å². The highest BCUT2D eigenvalue weighted by molar-refractivity contribution is 8.03. The molecule has 0 saturated heterocycles. The smallest absolute Gasteiger partial charge is 0.227 e. The van der Waals surface area contributed by atoms with Crippen LogP contribution < -0.4 is 5.73 Å². The van der Waals surface area contributed by atoms with Crippen molar-refractivity contribution >= 4 is 63.7 Å². The molecular formula is C9H8ClN3OS4. The molecule has 18 heavy (non-hydrogen) atoms. The predicted molar refractivity (Wildman–Crippen MR) is 78.7 cm³/mol. The van der Waals surface area contributed by atoms with E-state index in [0.717, 1.165) is 18.8 Å². The van der Waals surface area contributed by atoms with Crippen molar-refractivity contribution in [1.82, 2.24) is 10.2 Å². The Labute approximate surface area is 125 Å². The number of hydrogen-bond donors (Lipinski definition) is 1. The molecule has 2 rings (SSSR count). The van der Waals surface area contributed by atoms with E-state index in [1.807, 2.05) is 12.1 Å².